The Balaban J connectivity index is 1.50. The van der Waals surface area contributed by atoms with Gasteiger partial charge >= 0.3 is 0 Å². The molecular formula is C19H29N5OS. The van der Waals surface area contributed by atoms with E-state index in [-0.39, 0.29) is 12.1 Å². The van der Waals surface area contributed by atoms with Gasteiger partial charge in [0.05, 0.1) is 6.34 Å². The molecule has 1 aromatic rings. The predicted molar refractivity (Wildman–Crippen MR) is 106 cm³/mol. The highest BCUT2D eigenvalue weighted by Gasteiger charge is 2.32. The van der Waals surface area contributed by atoms with Gasteiger partial charge in [0, 0.05) is 42.5 Å². The van der Waals surface area contributed by atoms with E-state index < -0.39 is 0 Å². The molecule has 0 radical (unpaired) electrons. The quantitative estimate of drug-likeness (QED) is 0.852. The van der Waals surface area contributed by atoms with E-state index in [0.29, 0.717) is 12.1 Å². The minimum absolute atomic E-state index is 0.107. The van der Waals surface area contributed by atoms with Gasteiger partial charge in [0.2, 0.25) is 5.91 Å². The lowest BCUT2D eigenvalue weighted by atomic mass is 9.90. The van der Waals surface area contributed by atoms with Crippen LogP contribution in [0.3, 0.4) is 0 Å². The molecule has 2 N–H and O–H groups in total. The Labute approximate surface area is 159 Å². The Kier molecular flexibility index (Phi) is 5.03. The first-order chi connectivity index (χ1) is 12.5. The lowest BCUT2D eigenvalue weighted by Gasteiger charge is -2.36. The maximum atomic E-state index is 11.8. The van der Waals surface area contributed by atoms with Crippen molar-refractivity contribution in [1.82, 2.24) is 20.4 Å². The van der Waals surface area contributed by atoms with Gasteiger partial charge in [-0.05, 0) is 51.8 Å². The average Bonchev–Trinajstić information content (AvgIpc) is 3.00. The first-order valence-corrected chi connectivity index (χ1v) is 10.5. The van der Waals surface area contributed by atoms with Crippen molar-refractivity contribution in [2.24, 2.45) is 4.99 Å². The molecule has 142 valence electrons. The number of carbonyl (C=O) groups excluding carboxylic acids is 1. The summed E-state index contributed by atoms with van der Waals surface area (Å²) < 4.78 is 0. The van der Waals surface area contributed by atoms with Crippen LogP contribution in [0, 0.1) is 0 Å². The Bertz CT molecular complexity index is 705. The van der Waals surface area contributed by atoms with Crippen molar-refractivity contribution >= 4 is 28.6 Å². The number of aliphatic imine (C=N–C) groups is 1. The molecule has 1 aromatic heterocycles. The number of nitrogens with zero attached hydrogens (tertiary/aromatic N) is 3. The van der Waals surface area contributed by atoms with E-state index in [9.17, 15) is 4.79 Å². The molecule has 3 heterocycles. The molecule has 0 spiro atoms. The standard InChI is InChI=1S/C19H29N5OS/c1-12(25)24-9-8-16-15(10-24)17-18(20-11-21-19(17)26-16)22-13-4-6-14(7-5-13)23(2)3/h11,13-14,18,22H,4-10H2,1-3H3,(H,20,21). The first-order valence-electron chi connectivity index (χ1n) is 9.64. The molecular weight excluding hydrogens is 346 g/mol. The van der Waals surface area contributed by atoms with Crippen LogP contribution in [-0.4, -0.2) is 54.8 Å². The lowest BCUT2D eigenvalue weighted by molar-refractivity contribution is -0.129. The highest BCUT2D eigenvalue weighted by molar-refractivity contribution is 7.16. The minimum Gasteiger partial charge on any atom is -0.357 e. The number of fused-ring (bicyclic) bond motifs is 3. The summed E-state index contributed by atoms with van der Waals surface area (Å²) in [6, 6.07) is 1.24. The maximum Gasteiger partial charge on any atom is 0.219 e. The second kappa shape index (κ2) is 7.29. The van der Waals surface area contributed by atoms with Gasteiger partial charge in [-0.1, -0.05) is 0 Å². The molecule has 6 nitrogen and oxygen atoms in total. The van der Waals surface area contributed by atoms with E-state index in [4.69, 9.17) is 0 Å². The summed E-state index contributed by atoms with van der Waals surface area (Å²) in [5.74, 6) is 0.161. The van der Waals surface area contributed by atoms with Gasteiger partial charge in [0.1, 0.15) is 11.2 Å². The Morgan fingerprint density at radius 1 is 1.35 bits per heavy atom. The van der Waals surface area contributed by atoms with Crippen molar-refractivity contribution in [2.45, 2.75) is 63.8 Å². The Morgan fingerprint density at radius 3 is 2.81 bits per heavy atom. The highest BCUT2D eigenvalue weighted by Crippen LogP contribution is 2.43. The number of amides is 1. The van der Waals surface area contributed by atoms with Crippen LogP contribution in [0.1, 0.15) is 54.8 Å². The molecule has 1 amide bonds. The van der Waals surface area contributed by atoms with Gasteiger partial charge in [-0.3, -0.25) is 10.1 Å². The van der Waals surface area contributed by atoms with Gasteiger partial charge < -0.3 is 15.1 Å². The minimum atomic E-state index is 0.107. The molecule has 0 saturated heterocycles. The number of carbonyl (C=O) groups is 1. The second-order valence-corrected chi connectivity index (χ2v) is 8.99. The fourth-order valence-corrected chi connectivity index (χ4v) is 5.62. The first kappa shape index (κ1) is 17.9. The molecule has 4 rings (SSSR count). The van der Waals surface area contributed by atoms with Crippen LogP contribution >= 0.6 is 11.3 Å². The van der Waals surface area contributed by atoms with Crippen LogP contribution in [0.2, 0.25) is 0 Å². The number of nitrogens with one attached hydrogen (secondary N) is 2. The zero-order chi connectivity index (χ0) is 18.3. The van der Waals surface area contributed by atoms with Crippen LogP contribution in [0.25, 0.3) is 0 Å². The Hall–Kier alpha value is -1.44. The van der Waals surface area contributed by atoms with Crippen LogP contribution in [0.15, 0.2) is 4.99 Å². The highest BCUT2D eigenvalue weighted by atomic mass is 32.1. The number of thiophene rings is 1. The summed E-state index contributed by atoms with van der Waals surface area (Å²) in [5, 5.41) is 8.37. The van der Waals surface area contributed by atoms with Crippen molar-refractivity contribution in [2.75, 3.05) is 20.6 Å². The average molecular weight is 376 g/mol. The van der Waals surface area contributed by atoms with Gasteiger partial charge in [-0.25, -0.2) is 4.99 Å². The van der Waals surface area contributed by atoms with Gasteiger partial charge in [-0.2, -0.15) is 0 Å². The zero-order valence-corrected chi connectivity index (χ0v) is 16.7. The van der Waals surface area contributed by atoms with Gasteiger partial charge in [0.15, 0.2) is 0 Å². The van der Waals surface area contributed by atoms with E-state index in [1.165, 1.54) is 41.7 Å². The maximum absolute atomic E-state index is 11.8. The number of hydrogen-bond donors (Lipinski definition) is 2. The van der Waals surface area contributed by atoms with Crippen LogP contribution in [0.4, 0.5) is 5.00 Å². The molecule has 1 atom stereocenters. The molecule has 2 aliphatic heterocycles. The summed E-state index contributed by atoms with van der Waals surface area (Å²) in [6.07, 6.45) is 7.80. The monoisotopic (exact) mass is 375 g/mol. The summed E-state index contributed by atoms with van der Waals surface area (Å²) in [4.78, 5) is 22.1. The smallest absolute Gasteiger partial charge is 0.219 e. The third-order valence-corrected chi connectivity index (χ3v) is 7.27. The number of hydrogen-bond acceptors (Lipinski definition) is 6. The fourth-order valence-electron chi connectivity index (χ4n) is 4.44. The second-order valence-electron chi connectivity index (χ2n) is 7.91. The normalized spacial score (nSPS) is 27.8. The van der Waals surface area contributed by atoms with Crippen molar-refractivity contribution in [3.63, 3.8) is 0 Å². The van der Waals surface area contributed by atoms with Gasteiger partial charge in [0.25, 0.3) is 0 Å². The largest absolute Gasteiger partial charge is 0.357 e. The molecule has 0 bridgehead atoms. The van der Waals surface area contributed by atoms with E-state index in [0.717, 1.165) is 24.5 Å². The van der Waals surface area contributed by atoms with E-state index >= 15 is 0 Å². The topological polar surface area (TPSA) is 60.0 Å². The fraction of sp³-hybridized carbons (Fsp3) is 0.684. The molecule has 1 fully saturated rings. The van der Waals surface area contributed by atoms with E-state index in [2.05, 4.69) is 34.6 Å². The van der Waals surface area contributed by atoms with Crippen molar-refractivity contribution in [3.05, 3.63) is 16.0 Å². The SMILES string of the molecule is CC(=O)N1CCc2sc3c(c2C1)C(NC1CCC(N(C)C)CC1)NC=N3. The third kappa shape index (κ3) is 3.40. The molecule has 7 heteroatoms. The summed E-state index contributed by atoms with van der Waals surface area (Å²) in [7, 11) is 4.37. The van der Waals surface area contributed by atoms with E-state index in [1.807, 2.05) is 11.2 Å². The van der Waals surface area contributed by atoms with Gasteiger partial charge in [-0.15, -0.1) is 11.3 Å². The van der Waals surface area contributed by atoms with Crippen LogP contribution in [-0.2, 0) is 17.8 Å². The molecule has 0 aromatic carbocycles. The third-order valence-electron chi connectivity index (χ3n) is 6.06. The van der Waals surface area contributed by atoms with Crippen molar-refractivity contribution in [1.29, 1.82) is 0 Å². The molecule has 26 heavy (non-hydrogen) atoms. The Morgan fingerprint density at radius 2 is 2.12 bits per heavy atom. The summed E-state index contributed by atoms with van der Waals surface area (Å²) >= 11 is 1.80. The number of rotatable bonds is 3. The van der Waals surface area contributed by atoms with Crippen LogP contribution < -0.4 is 10.6 Å². The van der Waals surface area contributed by atoms with Crippen molar-refractivity contribution in [3.8, 4) is 0 Å². The van der Waals surface area contributed by atoms with Crippen LogP contribution in [0.5, 0.6) is 0 Å². The molecule has 1 saturated carbocycles. The van der Waals surface area contributed by atoms with E-state index in [1.54, 1.807) is 18.3 Å². The molecule has 3 aliphatic rings. The van der Waals surface area contributed by atoms with Crippen molar-refractivity contribution < 1.29 is 4.79 Å². The molecule has 1 aliphatic carbocycles. The lowest BCUT2D eigenvalue weighted by Crippen LogP contribution is -2.45. The predicted octanol–water partition coefficient (Wildman–Crippen LogP) is 2.38. The zero-order valence-electron chi connectivity index (χ0n) is 15.9. The molecule has 1 unspecified atom stereocenters. The summed E-state index contributed by atoms with van der Waals surface area (Å²) in [5.41, 5.74) is 2.59. The summed E-state index contributed by atoms with van der Waals surface area (Å²) in [6.45, 7) is 3.21.